The summed E-state index contributed by atoms with van der Waals surface area (Å²) in [7, 11) is 0. The molecule has 1 unspecified atom stereocenters. The second-order valence-corrected chi connectivity index (χ2v) is 8.63. The van der Waals surface area contributed by atoms with Crippen molar-refractivity contribution in [3.05, 3.63) is 11.6 Å². The van der Waals surface area contributed by atoms with Crippen molar-refractivity contribution in [2.75, 3.05) is 6.61 Å². The third kappa shape index (κ3) is 4.30. The minimum atomic E-state index is -0.890. The molecule has 0 amide bonds. The van der Waals surface area contributed by atoms with Crippen molar-refractivity contribution in [1.82, 2.24) is 0 Å². The van der Waals surface area contributed by atoms with E-state index in [1.807, 2.05) is 20.8 Å². The van der Waals surface area contributed by atoms with Gasteiger partial charge in [0.1, 0.15) is 6.10 Å². The number of ether oxygens (including phenoxy) is 2. The first-order chi connectivity index (χ1) is 12.1. The average Bonchev–Trinajstić information content (AvgIpc) is 2.54. The van der Waals surface area contributed by atoms with E-state index in [2.05, 4.69) is 19.9 Å². The quantitative estimate of drug-likeness (QED) is 0.595. The van der Waals surface area contributed by atoms with Gasteiger partial charge in [-0.15, -0.1) is 0 Å². The van der Waals surface area contributed by atoms with E-state index in [1.165, 1.54) is 6.92 Å². The van der Waals surface area contributed by atoms with Gasteiger partial charge in [-0.2, -0.15) is 0 Å². The molecule has 148 valence electrons. The van der Waals surface area contributed by atoms with Gasteiger partial charge >= 0.3 is 11.9 Å². The topological polar surface area (TPSA) is 72.8 Å². The Labute approximate surface area is 157 Å². The van der Waals surface area contributed by atoms with Crippen LogP contribution >= 0.6 is 0 Å². The van der Waals surface area contributed by atoms with Crippen LogP contribution in [0.5, 0.6) is 0 Å². The lowest BCUT2D eigenvalue weighted by molar-refractivity contribution is -0.161. The van der Waals surface area contributed by atoms with Gasteiger partial charge in [0.2, 0.25) is 0 Å². The van der Waals surface area contributed by atoms with Gasteiger partial charge in [0, 0.05) is 19.3 Å². The molecule has 6 atom stereocenters. The molecule has 0 heterocycles. The van der Waals surface area contributed by atoms with Crippen LogP contribution in [0.3, 0.4) is 0 Å². The number of hydrogen-bond donors (Lipinski definition) is 1. The van der Waals surface area contributed by atoms with Gasteiger partial charge in [0.05, 0.1) is 18.1 Å². The molecule has 26 heavy (non-hydrogen) atoms. The zero-order valence-electron chi connectivity index (χ0n) is 17.0. The summed E-state index contributed by atoms with van der Waals surface area (Å²) in [5.41, 5.74) is 0.110. The van der Waals surface area contributed by atoms with E-state index in [0.717, 1.165) is 18.4 Å². The monoisotopic (exact) mass is 366 g/mol. The summed E-state index contributed by atoms with van der Waals surface area (Å²) in [4.78, 5) is 23.2. The first-order valence-electron chi connectivity index (χ1n) is 9.80. The summed E-state index contributed by atoms with van der Waals surface area (Å²) >= 11 is 0. The zero-order valence-corrected chi connectivity index (χ0v) is 17.0. The molecule has 0 aromatic rings. The van der Waals surface area contributed by atoms with Crippen molar-refractivity contribution in [2.45, 2.75) is 72.5 Å². The molecule has 5 nitrogen and oxygen atoms in total. The molecule has 1 saturated carbocycles. The predicted octanol–water partition coefficient (Wildman–Crippen LogP) is 3.50. The fraction of sp³-hybridized carbons (Fsp3) is 0.810. The van der Waals surface area contributed by atoms with Crippen LogP contribution in [0.2, 0.25) is 0 Å². The van der Waals surface area contributed by atoms with E-state index >= 15 is 0 Å². The molecule has 1 fully saturated rings. The first kappa shape index (κ1) is 20.9. The number of carbonyl (C=O) groups is 2. The summed E-state index contributed by atoms with van der Waals surface area (Å²) in [5, 5.41) is 11.5. The van der Waals surface area contributed by atoms with E-state index in [-0.39, 0.29) is 47.6 Å². The maximum atomic E-state index is 11.8. The van der Waals surface area contributed by atoms with Crippen LogP contribution in [-0.2, 0) is 19.1 Å². The maximum absolute atomic E-state index is 11.8. The van der Waals surface area contributed by atoms with Crippen molar-refractivity contribution in [3.63, 3.8) is 0 Å². The Bertz CT molecular complexity index is 567. The third-order valence-corrected chi connectivity index (χ3v) is 6.29. The molecule has 0 bridgehead atoms. The second-order valence-electron chi connectivity index (χ2n) is 8.63. The molecule has 0 aliphatic heterocycles. The summed E-state index contributed by atoms with van der Waals surface area (Å²) < 4.78 is 10.9. The van der Waals surface area contributed by atoms with Crippen LogP contribution in [0.15, 0.2) is 11.6 Å². The minimum Gasteiger partial charge on any atom is -0.465 e. The second kappa shape index (κ2) is 8.12. The van der Waals surface area contributed by atoms with Gasteiger partial charge in [-0.3, -0.25) is 9.59 Å². The molecular formula is C21H34O5. The van der Waals surface area contributed by atoms with Crippen molar-refractivity contribution in [3.8, 4) is 0 Å². The Morgan fingerprint density at radius 1 is 1.31 bits per heavy atom. The number of esters is 2. The van der Waals surface area contributed by atoms with Crippen molar-refractivity contribution in [2.24, 2.45) is 29.6 Å². The van der Waals surface area contributed by atoms with Gasteiger partial charge in [0.15, 0.2) is 0 Å². The van der Waals surface area contributed by atoms with Gasteiger partial charge in [-0.1, -0.05) is 33.8 Å². The van der Waals surface area contributed by atoms with E-state index in [0.29, 0.717) is 13.0 Å². The lowest BCUT2D eigenvalue weighted by atomic mass is 9.57. The first-order valence-corrected chi connectivity index (χ1v) is 9.80. The van der Waals surface area contributed by atoms with Gasteiger partial charge in [-0.05, 0) is 43.1 Å². The normalized spacial score (nSPS) is 35.3. The standard InChI is InChI=1S/C21H34O5/c1-12(2)20(23)25-11-14(4)17-8-7-15(5)21(24)10-19(26-16(6)22)13(3)9-18(17)21/h9,12,14-15,17-19,24H,7-8,10-11H2,1-6H3/t14?,15-,17-,18-,19-,21-/m1/s1. The lowest BCUT2D eigenvalue weighted by Crippen LogP contribution is -2.56. The fourth-order valence-corrected chi connectivity index (χ4v) is 4.50. The highest BCUT2D eigenvalue weighted by molar-refractivity contribution is 5.71. The summed E-state index contributed by atoms with van der Waals surface area (Å²) in [6.07, 6.45) is 4.09. The van der Waals surface area contributed by atoms with Crippen LogP contribution in [0, 0.1) is 29.6 Å². The Hall–Kier alpha value is -1.36. The lowest BCUT2D eigenvalue weighted by Gasteiger charge is -2.52. The van der Waals surface area contributed by atoms with Crippen LogP contribution in [-0.4, -0.2) is 35.4 Å². The van der Waals surface area contributed by atoms with Gasteiger partial charge < -0.3 is 14.6 Å². The fourth-order valence-electron chi connectivity index (χ4n) is 4.50. The van der Waals surface area contributed by atoms with Gasteiger partial charge in [-0.25, -0.2) is 0 Å². The van der Waals surface area contributed by atoms with Crippen molar-refractivity contribution < 1.29 is 24.2 Å². The average molecular weight is 366 g/mol. The molecule has 2 rings (SSSR count). The third-order valence-electron chi connectivity index (χ3n) is 6.29. The smallest absolute Gasteiger partial charge is 0.308 e. The molecule has 0 radical (unpaired) electrons. The van der Waals surface area contributed by atoms with Gasteiger partial charge in [0.25, 0.3) is 0 Å². The van der Waals surface area contributed by atoms with Crippen molar-refractivity contribution in [1.29, 1.82) is 0 Å². The SMILES string of the molecule is CC(=O)O[C@@H]1C[C@@]2(O)[C@H](C)CC[C@H](C(C)COC(=O)C(C)C)[C@H]2C=C1C. The molecule has 2 aliphatic rings. The Morgan fingerprint density at radius 3 is 2.54 bits per heavy atom. The molecule has 0 saturated heterocycles. The highest BCUT2D eigenvalue weighted by Gasteiger charge is 2.52. The minimum absolute atomic E-state index is 0.00851. The highest BCUT2D eigenvalue weighted by Crippen LogP contribution is 2.51. The number of fused-ring (bicyclic) bond motifs is 1. The van der Waals surface area contributed by atoms with Crippen LogP contribution in [0.25, 0.3) is 0 Å². The van der Waals surface area contributed by atoms with E-state index in [9.17, 15) is 14.7 Å². The largest absolute Gasteiger partial charge is 0.465 e. The number of carbonyl (C=O) groups excluding carboxylic acids is 2. The summed E-state index contributed by atoms with van der Waals surface area (Å²) in [5.74, 6) is -0.102. The Morgan fingerprint density at radius 2 is 1.96 bits per heavy atom. The van der Waals surface area contributed by atoms with Crippen LogP contribution in [0.1, 0.15) is 60.8 Å². The molecule has 0 aromatic carbocycles. The zero-order chi connectivity index (χ0) is 19.6. The molecule has 0 spiro atoms. The van der Waals surface area contributed by atoms with Crippen LogP contribution < -0.4 is 0 Å². The molecule has 1 N–H and O–H groups in total. The highest BCUT2D eigenvalue weighted by atomic mass is 16.5. The summed E-state index contributed by atoms with van der Waals surface area (Å²) in [6.45, 7) is 11.6. The van der Waals surface area contributed by atoms with E-state index in [4.69, 9.17) is 9.47 Å². The summed E-state index contributed by atoms with van der Waals surface area (Å²) in [6, 6.07) is 0. The molecule has 2 aliphatic carbocycles. The maximum Gasteiger partial charge on any atom is 0.308 e. The Kier molecular flexibility index (Phi) is 6.54. The number of aliphatic hydroxyl groups is 1. The molecule has 0 aromatic heterocycles. The molecule has 5 heteroatoms. The van der Waals surface area contributed by atoms with Crippen molar-refractivity contribution >= 4 is 11.9 Å². The number of hydrogen-bond acceptors (Lipinski definition) is 5. The Balaban J connectivity index is 2.19. The van der Waals surface area contributed by atoms with E-state index in [1.54, 1.807) is 0 Å². The van der Waals surface area contributed by atoms with E-state index < -0.39 is 5.60 Å². The number of rotatable bonds is 5. The van der Waals surface area contributed by atoms with Crippen LogP contribution in [0.4, 0.5) is 0 Å². The predicted molar refractivity (Wildman–Crippen MR) is 99.2 cm³/mol. The molecular weight excluding hydrogens is 332 g/mol.